The van der Waals surface area contributed by atoms with Crippen molar-refractivity contribution in [3.8, 4) is 0 Å². The summed E-state index contributed by atoms with van der Waals surface area (Å²) in [4.78, 5) is 222. The van der Waals surface area contributed by atoms with Gasteiger partial charge in [-0.2, -0.15) is 0 Å². The van der Waals surface area contributed by atoms with Gasteiger partial charge in [-0.05, 0) is 27.2 Å². The number of aryl methyl sites for hydroxylation is 3. The number of hydrogen-bond acceptors (Lipinski definition) is 57. The van der Waals surface area contributed by atoms with Gasteiger partial charge in [-0.3, -0.25) is 65.9 Å². The van der Waals surface area contributed by atoms with E-state index >= 15 is 9.79 Å². The highest BCUT2D eigenvalue weighted by atomic mass is 32.7. The quantitative estimate of drug-likeness (QED) is 0.0165. The summed E-state index contributed by atoms with van der Waals surface area (Å²) < 4.78 is 150. The molecular formula is C72H86N26O34P7S7-7. The zero-order chi connectivity index (χ0) is 104. The van der Waals surface area contributed by atoms with Crippen molar-refractivity contribution in [2.24, 2.45) is 0 Å². The molecule has 0 bridgehead atoms. The summed E-state index contributed by atoms with van der Waals surface area (Å²) in [5.74, 6) is 0.103. The van der Waals surface area contributed by atoms with E-state index in [1.165, 1.54) is 78.6 Å². The Morgan fingerprint density at radius 3 is 0.795 bits per heavy atom. The topological polar surface area (TPSA) is 792 Å². The van der Waals surface area contributed by atoms with Gasteiger partial charge in [-0.1, -0.05) is 77.8 Å². The van der Waals surface area contributed by atoms with Gasteiger partial charge in [0.1, 0.15) is 168 Å². The van der Waals surface area contributed by atoms with Gasteiger partial charge in [0.25, 0.3) is 16.7 Å². The smallest absolute Gasteiger partial charge is 0.330 e. The van der Waals surface area contributed by atoms with Gasteiger partial charge in [0.2, 0.25) is 0 Å². The van der Waals surface area contributed by atoms with E-state index in [1.54, 1.807) is 4.57 Å². The summed E-state index contributed by atoms with van der Waals surface area (Å²) in [5, 5.41) is 0. The molecule has 0 aliphatic carbocycles. The molecule has 18 rings (SSSR count). The van der Waals surface area contributed by atoms with Crippen molar-refractivity contribution in [1.29, 1.82) is 0 Å². The fourth-order valence-corrected chi connectivity index (χ4v) is 27.0. The molecular weight excluding hydrogens is 2210 g/mol. The lowest BCUT2D eigenvalue weighted by molar-refractivity contribution is -0.221. The lowest BCUT2D eigenvalue weighted by atomic mass is 10.1. The zero-order valence-electron chi connectivity index (χ0n) is 76.0. The summed E-state index contributed by atoms with van der Waals surface area (Å²) in [7, 11) is 1.02. The number of aromatic amines is 3. The molecule has 28 atom stereocenters. The predicted octanol–water partition coefficient (Wildman–Crippen LogP) is -1.72. The number of nitrogen functional groups attached to an aromatic ring is 4. The van der Waals surface area contributed by atoms with E-state index in [-0.39, 0.29) is 106 Å². The summed E-state index contributed by atoms with van der Waals surface area (Å²) in [6.07, 6.45) is -15.2. The Bertz CT molecular complexity index is 7540. The maximum Gasteiger partial charge on any atom is 0.330 e. The molecule has 792 valence electrons. The van der Waals surface area contributed by atoms with Crippen molar-refractivity contribution in [3.63, 3.8) is 0 Å². The monoisotopic (exact) mass is 2300 g/mol. The van der Waals surface area contributed by atoms with Crippen LogP contribution in [-0.2, 0) is 184 Å². The van der Waals surface area contributed by atoms with Gasteiger partial charge in [-0.15, -0.1) is 0 Å². The Hall–Kier alpha value is -7.16. The number of aromatic nitrogens is 22. The maximum absolute atomic E-state index is 15.1. The Morgan fingerprint density at radius 1 is 0.342 bits per heavy atom. The van der Waals surface area contributed by atoms with Gasteiger partial charge < -0.3 is 161 Å². The third kappa shape index (κ3) is 24.5. The second kappa shape index (κ2) is 43.8. The molecule has 0 spiro atoms. The Labute approximate surface area is 855 Å². The highest BCUT2D eigenvalue weighted by molar-refractivity contribution is 8.32. The molecule has 7 aliphatic heterocycles. The largest absolute Gasteiger partial charge is 0.780 e. The van der Waals surface area contributed by atoms with Gasteiger partial charge in [-0.25, -0.2) is 74.2 Å². The van der Waals surface area contributed by atoms with E-state index in [9.17, 15) is 52.9 Å². The van der Waals surface area contributed by atoms with E-state index < -0.39 is 262 Å². The van der Waals surface area contributed by atoms with Crippen LogP contribution in [0.2, 0.25) is 0 Å². The lowest BCUT2D eigenvalue weighted by Crippen LogP contribution is -2.35. The number of rotatable bonds is 41. The van der Waals surface area contributed by atoms with Crippen LogP contribution in [0.3, 0.4) is 0 Å². The van der Waals surface area contributed by atoms with Crippen molar-refractivity contribution < 1.29 is 130 Å². The summed E-state index contributed by atoms with van der Waals surface area (Å²) in [5.41, 5.74) is 21.3. The molecule has 0 saturated carbocycles. The van der Waals surface area contributed by atoms with Crippen LogP contribution >= 0.6 is 47.1 Å². The van der Waals surface area contributed by atoms with Gasteiger partial charge >= 0.3 is 17.1 Å². The molecule has 18 heterocycles. The molecule has 11 N–H and O–H groups in total. The van der Waals surface area contributed by atoms with Gasteiger partial charge in [0.05, 0.1) is 114 Å². The van der Waals surface area contributed by atoms with Crippen LogP contribution in [0.4, 0.5) is 23.3 Å². The highest BCUT2D eigenvalue weighted by Gasteiger charge is 2.50. The van der Waals surface area contributed by atoms with E-state index in [0.717, 1.165) is 45.9 Å². The molecule has 14 unspecified atom stereocenters. The molecule has 146 heavy (non-hydrogen) atoms. The molecule has 7 aliphatic rings. The maximum atomic E-state index is 15.1. The molecule has 0 radical (unpaired) electrons. The number of ether oxygens (including phenoxy) is 7. The zero-order valence-corrected chi connectivity index (χ0v) is 88.0. The first-order valence-electron chi connectivity index (χ1n) is 43.8. The normalized spacial score (nSPS) is 29.5. The van der Waals surface area contributed by atoms with Crippen molar-refractivity contribution in [3.05, 3.63) is 148 Å². The minimum Gasteiger partial charge on any atom is -0.780 e. The fourth-order valence-electron chi connectivity index (χ4n) is 17.2. The van der Waals surface area contributed by atoms with E-state index in [0.29, 0.717) is 17.6 Å². The molecule has 11 aromatic rings. The lowest BCUT2D eigenvalue weighted by Gasteiger charge is -2.36. The second-order valence-electron chi connectivity index (χ2n) is 33.8. The van der Waals surface area contributed by atoms with Crippen LogP contribution in [0.1, 0.15) is 119 Å². The first kappa shape index (κ1) is 109. The molecule has 74 heteroatoms. The van der Waals surface area contributed by atoms with Crippen LogP contribution < -0.4 is 86.0 Å². The van der Waals surface area contributed by atoms with Crippen LogP contribution in [0, 0.1) is 20.8 Å². The summed E-state index contributed by atoms with van der Waals surface area (Å²) in [6, 6.07) is 0. The Balaban J connectivity index is 0.559. The number of fused-ring (bicyclic) bond motifs is 4. The third-order valence-corrected chi connectivity index (χ3v) is 35.4. The first-order chi connectivity index (χ1) is 69.1. The number of anilines is 4. The second-order valence-corrected chi connectivity index (χ2v) is 52.9. The van der Waals surface area contributed by atoms with E-state index in [4.69, 9.17) is 203 Å². The van der Waals surface area contributed by atoms with Gasteiger partial charge in [0, 0.05) is 87.3 Å². The van der Waals surface area contributed by atoms with Crippen molar-refractivity contribution in [1.82, 2.24) is 107 Å². The molecule has 7 saturated heterocycles. The SMILES string of the molecule is CC[C@H]1O[C@@H](n2cnc3c(N)ncnc32)CC1OP([O-])(=S)OC[C@H]1O[C@@H](n2cnc3c(N)ncnc32)CC1OP(=O)([S-])OC[C@H]1O[C@@H](n2cnc3c(N)ncnc32)CC1OP([O-])(=S)OC[C@H]1O[C@@H](n2cc(C)c(=O)[nH]c2=O)CC1OP([O-])(=S)OC[C@H]1O[C@@H](n2cnc3c(N)ncnc32)CC1OP([O-])(=S)OC[C@H]1O[C@@H](n2cc(C)c(=O)[nH]c2=O)CC1OP([O-])(=S)OC[C@H]1O[C@@H](n2cc(C)c(=O)[nH]c2=O)CC1OP([O-])(=S)OC. The summed E-state index contributed by atoms with van der Waals surface area (Å²) >= 11 is 38.2. The van der Waals surface area contributed by atoms with Crippen molar-refractivity contribution >= 4 is 198 Å². The minimum atomic E-state index is -5.03. The molecule has 0 aromatic carbocycles. The number of imidazole rings is 4. The van der Waals surface area contributed by atoms with Crippen LogP contribution in [0.5, 0.6) is 0 Å². The average molecular weight is 2300 g/mol. The van der Waals surface area contributed by atoms with Crippen LogP contribution in [0.15, 0.2) is 98.0 Å². The number of hydrogen-bond donors (Lipinski definition) is 7. The first-order valence-corrected chi connectivity index (χ1v) is 61.7. The third-order valence-electron chi connectivity index (χ3n) is 24.3. The van der Waals surface area contributed by atoms with Gasteiger partial charge in [0.15, 0.2) is 52.7 Å². The molecule has 0 amide bonds. The summed E-state index contributed by atoms with van der Waals surface area (Å²) in [6.45, 7) is -32.3. The standard InChI is InChI=1S/C72H93N26O34P7S7/c1-6-34-35(7-51(119-34)95-27-85-55-59(73)77-23-81-63(55)95)127-134(106,141)113-20-45-39(11-52(123-45)96-28-86-56-60(74)78-24-82-64(56)96)132-139(111,146)118-22-47-41(13-54(125-47)98-30-88-58-62(76)80-26-84-66(58)98)131-138(110,145)116-19-44-38(10-50(122-44)94-16-33(4)69(101)91-72(94)104)129-136(108,143)117-21-46-40(12-53(124-46)97-29-87-57-61(75)79-25-83-65(57)97)130-137(109,144)115-18-43-37(9-49(121-43)93-15-32(3)68(100)90-71(93)103)128-135(107,142)114-17-42-36(126-133(105,140)112-5)8-48(120-42)92-14-31(2)67(99)89-70(92)102/h14-16,23-30,34-54H,6-13,17-22H2,1-5H3,(H,105,140)(H,106,141)(H,107,142)(H,108,143)(H,109,144)(H,110,145)(H,111,146)(H2,73,77,81)(H2,74,78,82)(H2,75,79,83)(H2,76,80,84)(H,89,99,102)(H,90,100,103)(H,91,101,104)/p-7/t34-,35?,36?,37?,38?,39?,40?,41?,42-,43-,44-,45-,46-,47-,48-,49-,50-,51-,52-,53-,54-,133?,134?,135?,136?,137?,138?,139?/m1/s1. The van der Waals surface area contributed by atoms with Crippen LogP contribution in [-0.4, -0.2) is 239 Å². The van der Waals surface area contributed by atoms with E-state index in [1.807, 2.05) is 6.92 Å². The fraction of sp³-hybridized carbons (Fsp3) is 0.556. The molecule has 60 nitrogen and oxygen atoms in total. The highest BCUT2D eigenvalue weighted by Crippen LogP contribution is 2.57. The number of nitrogens with two attached hydrogens (primary N) is 4. The van der Waals surface area contributed by atoms with Crippen molar-refractivity contribution in [2.75, 3.05) is 69.7 Å². The van der Waals surface area contributed by atoms with E-state index in [2.05, 4.69) is 74.8 Å². The minimum absolute atomic E-state index is 0.0195. The average Bonchev–Trinajstić information content (AvgIpc) is 1.63. The predicted molar refractivity (Wildman–Crippen MR) is 515 cm³/mol. The van der Waals surface area contributed by atoms with Crippen LogP contribution in [0.25, 0.3) is 44.7 Å². The Morgan fingerprint density at radius 2 is 0.555 bits per heavy atom. The van der Waals surface area contributed by atoms with Crippen molar-refractivity contribution in [2.45, 2.75) is 208 Å². The number of H-pyrrole nitrogens is 3. The number of nitrogens with one attached hydrogen (secondary N) is 3. The Kier molecular flexibility index (Phi) is 32.6. The molecule has 11 aromatic heterocycles. The molecule has 7 fully saturated rings. The number of nitrogens with zero attached hydrogens (tertiary/aromatic N) is 19.